The van der Waals surface area contributed by atoms with E-state index in [4.69, 9.17) is 0 Å². The molecule has 2 aliphatic heterocycles. The summed E-state index contributed by atoms with van der Waals surface area (Å²) < 4.78 is 39.3. The number of urea groups is 1. The molecule has 2 atom stereocenters. The number of halogens is 3. The average Bonchev–Trinajstić information content (AvgIpc) is 3.34. The molecule has 2 aliphatic rings. The van der Waals surface area contributed by atoms with Crippen LogP contribution in [-0.2, 0) is 34.3 Å². The summed E-state index contributed by atoms with van der Waals surface area (Å²) in [6.07, 6.45) is -3.72. The summed E-state index contributed by atoms with van der Waals surface area (Å²) in [4.78, 5) is 47.0. The van der Waals surface area contributed by atoms with Gasteiger partial charge in [-0.25, -0.2) is 9.69 Å². The van der Waals surface area contributed by atoms with Crippen LogP contribution >= 0.6 is 0 Å². The van der Waals surface area contributed by atoms with Crippen LogP contribution in [-0.4, -0.2) is 45.2 Å². The fourth-order valence-electron chi connectivity index (χ4n) is 5.63. The summed E-state index contributed by atoms with van der Waals surface area (Å²) in [6.45, 7) is 5.62. The molecule has 3 heterocycles. The number of aromatic amines is 1. The molecule has 10 heteroatoms. The number of nitrogens with zero attached hydrogens (tertiary/aromatic N) is 2. The van der Waals surface area contributed by atoms with Crippen LogP contribution in [0.1, 0.15) is 49.6 Å². The third kappa shape index (κ3) is 4.12. The first-order chi connectivity index (χ1) is 17.9. The van der Waals surface area contributed by atoms with E-state index in [1.807, 2.05) is 38.1 Å². The van der Waals surface area contributed by atoms with Gasteiger partial charge in [0, 0.05) is 24.0 Å². The second kappa shape index (κ2) is 9.18. The second-order valence-electron chi connectivity index (χ2n) is 10.5. The van der Waals surface area contributed by atoms with Crippen molar-refractivity contribution in [2.24, 2.45) is 5.92 Å². The van der Waals surface area contributed by atoms with Crippen LogP contribution < -0.4 is 5.32 Å². The quantitative estimate of drug-likeness (QED) is 0.446. The minimum absolute atomic E-state index is 0.0334. The Balaban J connectivity index is 1.44. The molecule has 0 radical (unpaired) electrons. The smallest absolute Gasteiger partial charge is 0.356 e. The van der Waals surface area contributed by atoms with E-state index in [9.17, 15) is 27.6 Å². The molecule has 0 saturated carbocycles. The molecule has 0 aliphatic carbocycles. The van der Waals surface area contributed by atoms with E-state index < -0.39 is 41.2 Å². The Morgan fingerprint density at radius 2 is 1.87 bits per heavy atom. The predicted molar refractivity (Wildman–Crippen MR) is 135 cm³/mol. The number of amides is 4. The number of carbonyl (C=O) groups excluding carboxylic acids is 3. The molecule has 5 rings (SSSR count). The van der Waals surface area contributed by atoms with Gasteiger partial charge in [0.05, 0.1) is 11.3 Å². The van der Waals surface area contributed by atoms with Crippen molar-refractivity contribution in [2.75, 3.05) is 6.54 Å². The standard InChI is InChI=1S/C28H29F3N4O3/c1-16(2)13-22(24(36)32-15-17-7-6-8-18(14-17)28(29,30)31)35-25(37)27(3)23-20(11-12-34(27)26(35)38)19-9-4-5-10-21(19)33-23/h4-10,14,16,22,33H,11-13,15H2,1-3H3,(H,32,36)/t22-,27+/m1/s1. The maximum absolute atomic E-state index is 14.0. The largest absolute Gasteiger partial charge is 0.416 e. The third-order valence-corrected chi connectivity index (χ3v) is 7.53. The van der Waals surface area contributed by atoms with E-state index in [1.165, 1.54) is 17.0 Å². The minimum atomic E-state index is -4.50. The minimum Gasteiger partial charge on any atom is -0.356 e. The highest BCUT2D eigenvalue weighted by Gasteiger charge is 2.60. The van der Waals surface area contributed by atoms with Crippen LogP contribution in [0.25, 0.3) is 10.9 Å². The van der Waals surface area contributed by atoms with Crippen molar-refractivity contribution in [3.63, 3.8) is 0 Å². The summed E-state index contributed by atoms with van der Waals surface area (Å²) in [6, 6.07) is 10.8. The molecule has 38 heavy (non-hydrogen) atoms. The summed E-state index contributed by atoms with van der Waals surface area (Å²) >= 11 is 0. The maximum Gasteiger partial charge on any atom is 0.416 e. The van der Waals surface area contributed by atoms with Gasteiger partial charge in [-0.15, -0.1) is 0 Å². The van der Waals surface area contributed by atoms with Crippen molar-refractivity contribution in [3.8, 4) is 0 Å². The third-order valence-electron chi connectivity index (χ3n) is 7.53. The number of para-hydroxylation sites is 1. The monoisotopic (exact) mass is 526 g/mol. The van der Waals surface area contributed by atoms with E-state index in [0.29, 0.717) is 18.7 Å². The lowest BCUT2D eigenvalue weighted by Crippen LogP contribution is -2.51. The molecule has 0 bridgehead atoms. The fraction of sp³-hybridized carbons (Fsp3) is 0.393. The zero-order chi connectivity index (χ0) is 27.4. The van der Waals surface area contributed by atoms with Gasteiger partial charge in [-0.3, -0.25) is 9.59 Å². The fourth-order valence-corrected chi connectivity index (χ4v) is 5.63. The molecule has 0 unspecified atom stereocenters. The molecular weight excluding hydrogens is 497 g/mol. The number of H-pyrrole nitrogens is 1. The number of carbonyl (C=O) groups is 3. The van der Waals surface area contributed by atoms with Gasteiger partial charge in [0.1, 0.15) is 6.04 Å². The van der Waals surface area contributed by atoms with E-state index in [1.54, 1.807) is 6.92 Å². The molecule has 3 aromatic rings. The van der Waals surface area contributed by atoms with Crippen molar-refractivity contribution in [2.45, 2.75) is 57.9 Å². The van der Waals surface area contributed by atoms with E-state index in [-0.39, 0.29) is 24.4 Å². The number of alkyl halides is 3. The number of imide groups is 1. The van der Waals surface area contributed by atoms with Gasteiger partial charge in [0.25, 0.3) is 5.91 Å². The van der Waals surface area contributed by atoms with Crippen molar-refractivity contribution in [1.82, 2.24) is 20.1 Å². The number of benzene rings is 2. The van der Waals surface area contributed by atoms with Crippen molar-refractivity contribution in [3.05, 3.63) is 70.9 Å². The number of fused-ring (bicyclic) bond motifs is 5. The number of nitrogens with one attached hydrogen (secondary N) is 2. The first-order valence-corrected chi connectivity index (χ1v) is 12.6. The summed E-state index contributed by atoms with van der Waals surface area (Å²) in [5, 5.41) is 3.66. The predicted octanol–water partition coefficient (Wildman–Crippen LogP) is 4.95. The molecule has 200 valence electrons. The van der Waals surface area contributed by atoms with Gasteiger partial charge in [0.2, 0.25) is 5.91 Å². The summed E-state index contributed by atoms with van der Waals surface area (Å²) in [5.41, 5.74) is 0.668. The van der Waals surface area contributed by atoms with Gasteiger partial charge in [-0.05, 0) is 55.0 Å². The van der Waals surface area contributed by atoms with Gasteiger partial charge >= 0.3 is 12.2 Å². The Kier molecular flexibility index (Phi) is 6.24. The Bertz CT molecular complexity index is 1430. The van der Waals surface area contributed by atoms with E-state index >= 15 is 0 Å². The molecule has 1 saturated heterocycles. The van der Waals surface area contributed by atoms with E-state index in [0.717, 1.165) is 33.5 Å². The first-order valence-electron chi connectivity index (χ1n) is 12.6. The molecule has 7 nitrogen and oxygen atoms in total. The highest BCUT2D eigenvalue weighted by atomic mass is 19.4. The van der Waals surface area contributed by atoms with Crippen LogP contribution in [0.4, 0.5) is 18.0 Å². The van der Waals surface area contributed by atoms with Gasteiger partial charge in [-0.2, -0.15) is 13.2 Å². The van der Waals surface area contributed by atoms with Gasteiger partial charge in [0.15, 0.2) is 5.54 Å². The van der Waals surface area contributed by atoms with Crippen LogP contribution in [0.2, 0.25) is 0 Å². The van der Waals surface area contributed by atoms with Crippen LogP contribution in [0.3, 0.4) is 0 Å². The van der Waals surface area contributed by atoms with Crippen molar-refractivity contribution < 1.29 is 27.6 Å². The van der Waals surface area contributed by atoms with Crippen LogP contribution in [0.5, 0.6) is 0 Å². The summed E-state index contributed by atoms with van der Waals surface area (Å²) in [7, 11) is 0. The Morgan fingerprint density at radius 3 is 2.58 bits per heavy atom. The molecule has 1 fully saturated rings. The zero-order valence-corrected chi connectivity index (χ0v) is 21.4. The highest BCUT2D eigenvalue weighted by Crippen LogP contribution is 2.45. The normalized spacial score (nSPS) is 20.2. The lowest BCUT2D eigenvalue weighted by Gasteiger charge is -2.36. The number of rotatable bonds is 6. The Labute approximate surface area is 218 Å². The molecular formula is C28H29F3N4O3. The lowest BCUT2D eigenvalue weighted by molar-refractivity contribution is -0.140. The average molecular weight is 527 g/mol. The Morgan fingerprint density at radius 1 is 1.13 bits per heavy atom. The number of hydrogen-bond acceptors (Lipinski definition) is 3. The number of aromatic nitrogens is 1. The lowest BCUT2D eigenvalue weighted by atomic mass is 9.87. The van der Waals surface area contributed by atoms with Crippen molar-refractivity contribution >= 4 is 28.7 Å². The topological polar surface area (TPSA) is 85.5 Å². The van der Waals surface area contributed by atoms with Gasteiger partial charge in [-0.1, -0.05) is 44.2 Å². The molecule has 2 N–H and O–H groups in total. The molecule has 0 spiro atoms. The second-order valence-corrected chi connectivity index (χ2v) is 10.5. The molecule has 4 amide bonds. The van der Waals surface area contributed by atoms with Gasteiger partial charge < -0.3 is 15.2 Å². The van der Waals surface area contributed by atoms with Crippen LogP contribution in [0.15, 0.2) is 48.5 Å². The van der Waals surface area contributed by atoms with E-state index in [2.05, 4.69) is 10.3 Å². The first kappa shape index (κ1) is 25.8. The molecule has 1 aromatic heterocycles. The Hall–Kier alpha value is -3.82. The van der Waals surface area contributed by atoms with Crippen LogP contribution in [0, 0.1) is 5.92 Å². The maximum atomic E-state index is 14.0. The summed E-state index contributed by atoms with van der Waals surface area (Å²) in [5.74, 6) is -1.11. The van der Waals surface area contributed by atoms with Crippen molar-refractivity contribution in [1.29, 1.82) is 0 Å². The SMILES string of the molecule is CC(C)C[C@H](C(=O)NCc1cccc(C(F)(F)F)c1)N1C(=O)N2CCc3c([nH]c4ccccc34)[C@@]2(C)C1=O. The zero-order valence-electron chi connectivity index (χ0n) is 21.4. The molecule has 2 aromatic carbocycles. The number of hydrogen-bond donors (Lipinski definition) is 2. The highest BCUT2D eigenvalue weighted by molar-refractivity contribution is 6.11.